The number of amides is 10. The van der Waals surface area contributed by atoms with Gasteiger partial charge in [-0.1, -0.05) is 50.6 Å². The molecule has 2 heterocycles. The van der Waals surface area contributed by atoms with Gasteiger partial charge in [0.05, 0.1) is 71.5 Å². The number of fused-ring (bicyclic) bond motifs is 1. The van der Waals surface area contributed by atoms with Crippen LogP contribution >= 0.6 is 11.8 Å². The summed E-state index contributed by atoms with van der Waals surface area (Å²) in [4.78, 5) is 116. The molecular formula is C57H98N14O16S. The minimum Gasteiger partial charge on any atom is -0.445 e. The summed E-state index contributed by atoms with van der Waals surface area (Å²) in [6.07, 6.45) is 5.03. The maximum Gasteiger partial charge on any atom is 0.408 e. The number of ether oxygens (including phenoxy) is 6. The van der Waals surface area contributed by atoms with Crippen molar-refractivity contribution in [2.75, 3.05) is 118 Å². The standard InChI is InChI=1S/C57H98N14O16S/c1-39(2)33-43(67-52(77)41(15-8-9-19-58)66-54(79)44(35-72)68-53(78)42(16-10-20-64-55(59)60)70-57(81)87-36-40-13-4-3-5-14-40)51(76)65-34-48(74)63-23-26-84-31-32-86-37-49(75)62-22-12-25-83-28-30-85-29-27-82-24-11-21-61-47(73)18-7-6-17-46-50-45(38-88-46)69-56(80)71-50/h3-5,13-14,39,41-46,50,72H,6-12,15-38,58H2,1-2H3,(H,61,73)(H,62,75)(H,63,74)(H,65,76)(H,66,79)(H,67,77)(H,68,78)(H,70,81)(H4,59,60,64)(H2,69,71,80)/t41-,42-,43-,44-,45-,46?,50-/m0/s1. The van der Waals surface area contributed by atoms with Gasteiger partial charge in [-0.2, -0.15) is 11.8 Å². The van der Waals surface area contributed by atoms with Crippen LogP contribution in [0.3, 0.4) is 0 Å². The number of alkyl carbamates (subject to hydrolysis) is 1. The SMILES string of the molecule is CC(C)C[C@H](NC(=O)[C@H](CCCCN)NC(=O)[C@H](CO)NC(=O)[C@H](CCCNC(=N)N)NC(=O)OCc1ccccc1)C(=O)NCC(=O)NCCOCCOCC(=O)NCCCOCCOCCOCCCNC(=O)CCCCC1SC[C@@H]2NC(=O)N[C@H]12. The molecule has 1 aromatic rings. The molecule has 2 aliphatic heterocycles. The van der Waals surface area contributed by atoms with Crippen molar-refractivity contribution in [1.29, 1.82) is 5.41 Å². The lowest BCUT2D eigenvalue weighted by Gasteiger charge is -2.26. The van der Waals surface area contributed by atoms with Crippen molar-refractivity contribution in [3.05, 3.63) is 35.9 Å². The molecule has 1 aromatic carbocycles. The van der Waals surface area contributed by atoms with Gasteiger partial charge in [0.15, 0.2) is 5.96 Å². The predicted molar refractivity (Wildman–Crippen MR) is 327 cm³/mol. The maximum atomic E-state index is 13.8. The molecule has 0 aromatic heterocycles. The molecule has 88 heavy (non-hydrogen) atoms. The number of carbonyl (C=O) groups excluding carboxylic acids is 9. The zero-order valence-corrected chi connectivity index (χ0v) is 51.9. The number of aliphatic hydroxyl groups is 1. The Balaban J connectivity index is 1.22. The number of thioether (sulfide) groups is 1. The first-order valence-electron chi connectivity index (χ1n) is 30.4. The van der Waals surface area contributed by atoms with Gasteiger partial charge in [-0.05, 0) is 82.2 Å². The predicted octanol–water partition coefficient (Wildman–Crippen LogP) is -1.78. The Hall–Kier alpha value is -6.61. The molecule has 0 spiro atoms. The van der Waals surface area contributed by atoms with Crippen LogP contribution in [0.2, 0.25) is 0 Å². The van der Waals surface area contributed by atoms with Crippen LogP contribution < -0.4 is 70.0 Å². The van der Waals surface area contributed by atoms with Gasteiger partial charge in [-0.15, -0.1) is 0 Å². The van der Waals surface area contributed by atoms with Gasteiger partial charge in [0.2, 0.25) is 41.4 Å². The highest BCUT2D eigenvalue weighted by Gasteiger charge is 2.42. The van der Waals surface area contributed by atoms with Crippen LogP contribution in [0.15, 0.2) is 30.3 Å². The summed E-state index contributed by atoms with van der Waals surface area (Å²) in [5.41, 5.74) is 11.8. The van der Waals surface area contributed by atoms with Gasteiger partial charge in [-0.3, -0.25) is 39.0 Å². The van der Waals surface area contributed by atoms with Gasteiger partial charge in [-0.25, -0.2) is 9.59 Å². The normalized spacial score (nSPS) is 16.3. The minimum absolute atomic E-state index is 0.0194. The summed E-state index contributed by atoms with van der Waals surface area (Å²) >= 11 is 1.88. The Bertz CT molecular complexity index is 2250. The average molecular weight is 1270 g/mol. The van der Waals surface area contributed by atoms with Crippen LogP contribution in [-0.4, -0.2) is 224 Å². The Morgan fingerprint density at radius 2 is 1.20 bits per heavy atom. The Morgan fingerprint density at radius 1 is 0.625 bits per heavy atom. The van der Waals surface area contributed by atoms with Crippen molar-refractivity contribution in [2.24, 2.45) is 17.4 Å². The molecular weight excluding hydrogens is 1170 g/mol. The van der Waals surface area contributed by atoms with Gasteiger partial charge < -0.3 is 103 Å². The molecule has 2 saturated heterocycles. The second-order valence-electron chi connectivity index (χ2n) is 21.4. The van der Waals surface area contributed by atoms with E-state index in [4.69, 9.17) is 45.3 Å². The fourth-order valence-electron chi connectivity index (χ4n) is 8.94. The van der Waals surface area contributed by atoms with E-state index in [-0.39, 0.29) is 114 Å². The number of hydrogen-bond donors (Lipinski definition) is 15. The fourth-order valence-corrected chi connectivity index (χ4v) is 10.5. The highest BCUT2D eigenvalue weighted by atomic mass is 32.2. The van der Waals surface area contributed by atoms with Gasteiger partial charge in [0.25, 0.3) is 0 Å². The lowest BCUT2D eigenvalue weighted by atomic mass is 10.0. The van der Waals surface area contributed by atoms with Crippen molar-refractivity contribution in [1.82, 2.24) is 58.5 Å². The molecule has 498 valence electrons. The third-order valence-corrected chi connectivity index (χ3v) is 15.0. The third-order valence-electron chi connectivity index (χ3n) is 13.5. The Kier molecular flexibility index (Phi) is 40.0. The van der Waals surface area contributed by atoms with E-state index in [0.29, 0.717) is 102 Å². The first kappa shape index (κ1) is 75.6. The number of rotatable bonds is 50. The average Bonchev–Trinajstić information content (AvgIpc) is 2.08. The number of benzene rings is 1. The quantitative estimate of drug-likeness (QED) is 0.0148. The van der Waals surface area contributed by atoms with E-state index < -0.39 is 72.9 Å². The molecule has 0 radical (unpaired) electrons. The first-order chi connectivity index (χ1) is 42.5. The van der Waals surface area contributed by atoms with E-state index in [1.165, 1.54) is 0 Å². The molecule has 2 fully saturated rings. The number of urea groups is 1. The van der Waals surface area contributed by atoms with Gasteiger partial charge >= 0.3 is 12.1 Å². The lowest BCUT2D eigenvalue weighted by molar-refractivity contribution is -0.135. The van der Waals surface area contributed by atoms with Crippen LogP contribution in [-0.2, 0) is 68.6 Å². The van der Waals surface area contributed by atoms with Crippen molar-refractivity contribution in [3.8, 4) is 0 Å². The van der Waals surface area contributed by atoms with Crippen LogP contribution in [0, 0.1) is 11.3 Å². The number of carbonyl (C=O) groups is 9. The van der Waals surface area contributed by atoms with E-state index in [1.54, 1.807) is 30.3 Å². The highest BCUT2D eigenvalue weighted by molar-refractivity contribution is 8.00. The summed E-state index contributed by atoms with van der Waals surface area (Å²) in [6, 6.07) is 3.98. The van der Waals surface area contributed by atoms with Crippen LogP contribution in [0.1, 0.15) is 96.5 Å². The number of nitrogens with one attached hydrogen (secondary N) is 12. The zero-order chi connectivity index (χ0) is 64.2. The summed E-state index contributed by atoms with van der Waals surface area (Å²) in [5, 5.41) is 47.6. The van der Waals surface area contributed by atoms with Gasteiger partial charge in [0, 0.05) is 56.8 Å². The van der Waals surface area contributed by atoms with E-state index >= 15 is 0 Å². The molecule has 1 unspecified atom stereocenters. The minimum atomic E-state index is -1.57. The van der Waals surface area contributed by atoms with E-state index in [2.05, 4.69) is 58.5 Å². The fraction of sp³-hybridized carbons (Fsp3) is 0.719. The maximum absolute atomic E-state index is 13.8. The smallest absolute Gasteiger partial charge is 0.408 e. The van der Waals surface area contributed by atoms with Crippen molar-refractivity contribution < 1.29 is 76.7 Å². The molecule has 0 aliphatic carbocycles. The first-order valence-corrected chi connectivity index (χ1v) is 31.5. The topological polar surface area (TPSA) is 437 Å². The summed E-state index contributed by atoms with van der Waals surface area (Å²) < 4.78 is 32.8. The third kappa shape index (κ3) is 34.8. The molecule has 2 aliphatic rings. The molecule has 7 atom stereocenters. The monoisotopic (exact) mass is 1270 g/mol. The lowest BCUT2D eigenvalue weighted by Crippen LogP contribution is -2.59. The number of guanidine groups is 1. The summed E-state index contributed by atoms with van der Waals surface area (Å²) in [7, 11) is 0. The Morgan fingerprint density at radius 3 is 1.86 bits per heavy atom. The number of unbranched alkanes of at least 4 members (excludes halogenated alkanes) is 2. The van der Waals surface area contributed by atoms with Crippen molar-refractivity contribution >= 4 is 71.2 Å². The molecule has 0 saturated carbocycles. The van der Waals surface area contributed by atoms with Crippen LogP contribution in [0.5, 0.6) is 0 Å². The van der Waals surface area contributed by atoms with E-state index in [1.807, 2.05) is 25.6 Å². The highest BCUT2D eigenvalue weighted by Crippen LogP contribution is 2.33. The zero-order valence-electron chi connectivity index (χ0n) is 51.1. The van der Waals surface area contributed by atoms with E-state index in [0.717, 1.165) is 25.0 Å². The van der Waals surface area contributed by atoms with Crippen LogP contribution in [0.4, 0.5) is 9.59 Å². The van der Waals surface area contributed by atoms with Crippen molar-refractivity contribution in [3.63, 3.8) is 0 Å². The second-order valence-corrected chi connectivity index (χ2v) is 22.6. The van der Waals surface area contributed by atoms with E-state index in [9.17, 15) is 48.3 Å². The molecule has 0 bridgehead atoms. The van der Waals surface area contributed by atoms with Crippen LogP contribution in [0.25, 0.3) is 0 Å². The molecule has 10 amide bonds. The molecule has 30 nitrogen and oxygen atoms in total. The summed E-state index contributed by atoms with van der Waals surface area (Å²) in [5.74, 6) is -3.39. The number of hydrogen-bond acceptors (Lipinski definition) is 19. The molecule has 3 rings (SSSR count). The number of nitrogens with two attached hydrogens (primary N) is 2. The molecule has 31 heteroatoms. The molecule has 17 N–H and O–H groups in total. The summed E-state index contributed by atoms with van der Waals surface area (Å²) in [6.45, 7) is 6.66. The van der Waals surface area contributed by atoms with Gasteiger partial charge in [0.1, 0.15) is 37.4 Å². The Labute approximate surface area is 519 Å². The largest absolute Gasteiger partial charge is 0.445 e. The second kappa shape index (κ2) is 46.5. The number of aliphatic hydroxyl groups excluding tert-OH is 1. The van der Waals surface area contributed by atoms with Crippen molar-refractivity contribution in [2.45, 2.75) is 139 Å².